The molecule has 0 radical (unpaired) electrons. The van der Waals surface area contributed by atoms with E-state index >= 15 is 0 Å². The Morgan fingerprint density at radius 2 is 2.00 bits per heavy atom. The van der Waals surface area contributed by atoms with Crippen molar-refractivity contribution in [3.05, 3.63) is 0 Å². The molecule has 10 heavy (non-hydrogen) atoms. The first-order chi connectivity index (χ1) is 4.54. The monoisotopic (exact) mass is 141 g/mol. The van der Waals surface area contributed by atoms with Crippen LogP contribution >= 0.6 is 0 Å². The predicted octanol–water partition coefficient (Wildman–Crippen LogP) is 2.16. The Labute approximate surface area is 64.0 Å². The third-order valence-electron chi connectivity index (χ3n) is 3.00. The van der Waals surface area contributed by atoms with Crippen LogP contribution in [0.2, 0.25) is 0 Å². The summed E-state index contributed by atoms with van der Waals surface area (Å²) < 4.78 is 0. The summed E-state index contributed by atoms with van der Waals surface area (Å²) in [4.78, 5) is 0. The van der Waals surface area contributed by atoms with Crippen LogP contribution < -0.4 is 5.73 Å². The smallest absolute Gasteiger partial charge is 0.0116 e. The number of hydrogen-bond donors (Lipinski definition) is 1. The highest BCUT2D eigenvalue weighted by molar-refractivity contribution is 4.88. The van der Waals surface area contributed by atoms with E-state index in [2.05, 4.69) is 20.8 Å². The highest BCUT2D eigenvalue weighted by Crippen LogP contribution is 2.37. The van der Waals surface area contributed by atoms with Gasteiger partial charge in [-0.1, -0.05) is 27.2 Å². The molecule has 0 aromatic heterocycles. The SMILES string of the molecule is C[C@@H]1CCCC(C)(C)[C@@H]1N. The van der Waals surface area contributed by atoms with E-state index in [4.69, 9.17) is 5.73 Å². The summed E-state index contributed by atoms with van der Waals surface area (Å²) in [5, 5.41) is 0. The Balaban J connectivity index is 2.60. The van der Waals surface area contributed by atoms with Gasteiger partial charge < -0.3 is 5.73 Å². The van der Waals surface area contributed by atoms with Gasteiger partial charge in [-0.3, -0.25) is 0 Å². The normalized spacial score (nSPS) is 39.6. The molecule has 0 aliphatic heterocycles. The lowest BCUT2D eigenvalue weighted by molar-refractivity contribution is 0.149. The molecule has 1 heteroatoms. The number of hydrogen-bond acceptors (Lipinski definition) is 1. The molecule has 0 bridgehead atoms. The van der Waals surface area contributed by atoms with Crippen molar-refractivity contribution < 1.29 is 0 Å². The van der Waals surface area contributed by atoms with Crippen molar-refractivity contribution in [3.63, 3.8) is 0 Å². The standard InChI is InChI=1S/C9H19N/c1-7-5-4-6-9(2,3)8(7)10/h7-8H,4-6,10H2,1-3H3/t7-,8-/m1/s1. The molecule has 0 spiro atoms. The quantitative estimate of drug-likeness (QED) is 0.549. The molecule has 60 valence electrons. The summed E-state index contributed by atoms with van der Waals surface area (Å²) in [6.45, 7) is 6.84. The van der Waals surface area contributed by atoms with E-state index in [1.54, 1.807) is 0 Å². The molecule has 0 aromatic carbocycles. The summed E-state index contributed by atoms with van der Waals surface area (Å²) in [5.41, 5.74) is 6.44. The lowest BCUT2D eigenvalue weighted by Crippen LogP contribution is -2.45. The summed E-state index contributed by atoms with van der Waals surface area (Å²) >= 11 is 0. The van der Waals surface area contributed by atoms with E-state index in [-0.39, 0.29) is 0 Å². The molecule has 0 saturated heterocycles. The van der Waals surface area contributed by atoms with Crippen LogP contribution in [-0.4, -0.2) is 6.04 Å². The predicted molar refractivity (Wildman–Crippen MR) is 44.8 cm³/mol. The molecule has 2 atom stereocenters. The first-order valence-electron chi connectivity index (χ1n) is 4.29. The van der Waals surface area contributed by atoms with Crippen LogP contribution in [0, 0.1) is 11.3 Å². The fourth-order valence-corrected chi connectivity index (χ4v) is 2.00. The first-order valence-corrected chi connectivity index (χ1v) is 4.29. The van der Waals surface area contributed by atoms with Crippen molar-refractivity contribution in [1.82, 2.24) is 0 Å². The van der Waals surface area contributed by atoms with E-state index in [0.29, 0.717) is 11.5 Å². The van der Waals surface area contributed by atoms with Gasteiger partial charge in [0.05, 0.1) is 0 Å². The molecule has 1 fully saturated rings. The largest absolute Gasteiger partial charge is 0.327 e. The Bertz CT molecular complexity index is 118. The second-order valence-corrected chi connectivity index (χ2v) is 4.38. The van der Waals surface area contributed by atoms with Crippen LogP contribution in [0.5, 0.6) is 0 Å². The molecule has 1 saturated carbocycles. The summed E-state index contributed by atoms with van der Waals surface area (Å²) in [6, 6.07) is 0.418. The average molecular weight is 141 g/mol. The van der Waals surface area contributed by atoms with Crippen LogP contribution in [0.15, 0.2) is 0 Å². The minimum absolute atomic E-state index is 0.387. The number of nitrogens with two attached hydrogens (primary N) is 1. The molecule has 1 rings (SSSR count). The van der Waals surface area contributed by atoms with Crippen molar-refractivity contribution in [1.29, 1.82) is 0 Å². The van der Waals surface area contributed by atoms with Crippen molar-refractivity contribution in [3.8, 4) is 0 Å². The molecule has 1 nitrogen and oxygen atoms in total. The maximum Gasteiger partial charge on any atom is 0.0116 e. The van der Waals surface area contributed by atoms with Gasteiger partial charge in [0, 0.05) is 6.04 Å². The van der Waals surface area contributed by atoms with E-state index in [1.807, 2.05) is 0 Å². The van der Waals surface area contributed by atoms with Crippen molar-refractivity contribution in [2.45, 2.75) is 46.1 Å². The Morgan fingerprint density at radius 1 is 1.40 bits per heavy atom. The third kappa shape index (κ3) is 1.34. The average Bonchev–Trinajstić information content (AvgIpc) is 1.83. The fraction of sp³-hybridized carbons (Fsp3) is 1.00. The Morgan fingerprint density at radius 3 is 2.40 bits per heavy atom. The zero-order valence-corrected chi connectivity index (χ0v) is 7.35. The lowest BCUT2D eigenvalue weighted by atomic mass is 9.69. The summed E-state index contributed by atoms with van der Waals surface area (Å²) in [6.07, 6.45) is 3.99. The van der Waals surface area contributed by atoms with Crippen LogP contribution in [0.3, 0.4) is 0 Å². The molecule has 0 heterocycles. The maximum absolute atomic E-state index is 6.06. The highest BCUT2D eigenvalue weighted by Gasteiger charge is 2.33. The first kappa shape index (κ1) is 8.06. The van der Waals surface area contributed by atoms with Gasteiger partial charge >= 0.3 is 0 Å². The topological polar surface area (TPSA) is 26.0 Å². The van der Waals surface area contributed by atoms with Crippen molar-refractivity contribution in [2.24, 2.45) is 17.1 Å². The van der Waals surface area contributed by atoms with Gasteiger partial charge in [-0.2, -0.15) is 0 Å². The van der Waals surface area contributed by atoms with Crippen molar-refractivity contribution >= 4 is 0 Å². The van der Waals surface area contributed by atoms with Gasteiger partial charge in [-0.05, 0) is 24.2 Å². The van der Waals surface area contributed by atoms with Gasteiger partial charge in [0.15, 0.2) is 0 Å². The lowest BCUT2D eigenvalue weighted by Gasteiger charge is -2.40. The molecular weight excluding hydrogens is 122 g/mol. The molecule has 0 aromatic rings. The van der Waals surface area contributed by atoms with E-state index in [0.717, 1.165) is 5.92 Å². The van der Waals surface area contributed by atoms with E-state index in [9.17, 15) is 0 Å². The number of rotatable bonds is 0. The van der Waals surface area contributed by atoms with Gasteiger partial charge in [-0.15, -0.1) is 0 Å². The summed E-state index contributed by atoms with van der Waals surface area (Å²) in [7, 11) is 0. The van der Waals surface area contributed by atoms with Crippen molar-refractivity contribution in [2.75, 3.05) is 0 Å². The van der Waals surface area contributed by atoms with Crippen LogP contribution in [-0.2, 0) is 0 Å². The van der Waals surface area contributed by atoms with Gasteiger partial charge in [0.25, 0.3) is 0 Å². The molecule has 2 N–H and O–H groups in total. The van der Waals surface area contributed by atoms with Crippen LogP contribution in [0.4, 0.5) is 0 Å². The van der Waals surface area contributed by atoms with E-state index < -0.39 is 0 Å². The second kappa shape index (κ2) is 2.54. The third-order valence-corrected chi connectivity index (χ3v) is 3.00. The molecule has 0 unspecified atom stereocenters. The van der Waals surface area contributed by atoms with Gasteiger partial charge in [0.2, 0.25) is 0 Å². The van der Waals surface area contributed by atoms with Crippen LogP contribution in [0.25, 0.3) is 0 Å². The van der Waals surface area contributed by atoms with Gasteiger partial charge in [-0.25, -0.2) is 0 Å². The van der Waals surface area contributed by atoms with Gasteiger partial charge in [0.1, 0.15) is 0 Å². The Kier molecular flexibility index (Phi) is 2.04. The maximum atomic E-state index is 6.06. The zero-order chi connectivity index (χ0) is 7.78. The molecular formula is C9H19N. The zero-order valence-electron chi connectivity index (χ0n) is 7.35. The minimum atomic E-state index is 0.387. The minimum Gasteiger partial charge on any atom is -0.327 e. The van der Waals surface area contributed by atoms with Crippen LogP contribution in [0.1, 0.15) is 40.0 Å². The van der Waals surface area contributed by atoms with E-state index in [1.165, 1.54) is 19.3 Å². The molecule has 0 amide bonds. The second-order valence-electron chi connectivity index (χ2n) is 4.38. The highest BCUT2D eigenvalue weighted by atomic mass is 14.7. The fourth-order valence-electron chi connectivity index (χ4n) is 2.00. The molecule has 1 aliphatic rings. The molecule has 1 aliphatic carbocycles. The Hall–Kier alpha value is -0.0400. The summed E-state index contributed by atoms with van der Waals surface area (Å²) in [5.74, 6) is 0.726.